The highest BCUT2D eigenvalue weighted by Gasteiger charge is 2.30. The van der Waals surface area contributed by atoms with E-state index >= 15 is 0 Å². The summed E-state index contributed by atoms with van der Waals surface area (Å²) in [5, 5.41) is 14.8. The average molecular weight is 438 g/mol. The normalized spacial score (nSPS) is 19.1. The van der Waals surface area contributed by atoms with Crippen LogP contribution in [-0.4, -0.2) is 60.5 Å². The lowest BCUT2D eigenvalue weighted by Gasteiger charge is -2.38. The molecule has 2 N–H and O–H groups in total. The predicted octanol–water partition coefficient (Wildman–Crippen LogP) is 3.03. The van der Waals surface area contributed by atoms with Gasteiger partial charge in [-0.1, -0.05) is 6.07 Å². The number of nitrogens with one attached hydrogen (secondary N) is 2. The molecule has 0 spiro atoms. The van der Waals surface area contributed by atoms with Crippen LogP contribution in [0.3, 0.4) is 0 Å². The third-order valence-electron chi connectivity index (χ3n) is 6.29. The third-order valence-corrected chi connectivity index (χ3v) is 6.88. The number of amidine groups is 1. The monoisotopic (exact) mass is 437 g/mol. The minimum atomic E-state index is 0.0586. The van der Waals surface area contributed by atoms with Crippen molar-refractivity contribution in [3.8, 4) is 11.3 Å². The fourth-order valence-corrected chi connectivity index (χ4v) is 5.04. The smallest absolute Gasteiger partial charge is 0.219 e. The highest BCUT2D eigenvalue weighted by molar-refractivity contribution is 7.07. The van der Waals surface area contributed by atoms with Crippen molar-refractivity contribution < 1.29 is 9.53 Å². The number of amides is 1. The Morgan fingerprint density at radius 2 is 2.16 bits per heavy atom. The molecular formula is C23H27N5O2S. The Labute approximate surface area is 186 Å². The summed E-state index contributed by atoms with van der Waals surface area (Å²) in [5.41, 5.74) is 8.33. The van der Waals surface area contributed by atoms with E-state index < -0.39 is 0 Å². The maximum atomic E-state index is 12.1. The van der Waals surface area contributed by atoms with Gasteiger partial charge >= 0.3 is 0 Å². The van der Waals surface area contributed by atoms with E-state index in [9.17, 15) is 4.79 Å². The first-order chi connectivity index (χ1) is 15.1. The van der Waals surface area contributed by atoms with Gasteiger partial charge in [0.1, 0.15) is 5.84 Å². The molecular weight excluding hydrogens is 410 g/mol. The van der Waals surface area contributed by atoms with Crippen LogP contribution < -0.4 is 10.2 Å². The summed E-state index contributed by atoms with van der Waals surface area (Å²) in [6, 6.07) is 6.74. The van der Waals surface area contributed by atoms with E-state index in [0.717, 1.165) is 54.0 Å². The van der Waals surface area contributed by atoms with Crippen LogP contribution in [0.25, 0.3) is 11.3 Å². The largest absolute Gasteiger partial charge is 0.381 e. The van der Waals surface area contributed by atoms with Gasteiger partial charge in [-0.3, -0.25) is 10.2 Å². The number of aromatic nitrogens is 1. The van der Waals surface area contributed by atoms with Gasteiger partial charge < -0.3 is 19.9 Å². The van der Waals surface area contributed by atoms with Crippen LogP contribution in [0, 0.1) is 5.41 Å². The highest BCUT2D eigenvalue weighted by Crippen LogP contribution is 2.33. The minimum absolute atomic E-state index is 0.0586. The number of hydrogen-bond acceptors (Lipinski definition) is 6. The molecule has 1 aromatic heterocycles. The Bertz CT molecular complexity index is 1030. The standard InChI is InChI=1S/C23H27N5O2S/c1-15(29)27-8-6-20(26-18-11-30-12-18)19(10-27)23(24)28-7-2-3-17-9-16(4-5-22(17)28)21-13-31-14-25-21/h4-5,9,13-14,18,24,26H,2-3,6-8,10-12H2,1H3. The molecule has 0 bridgehead atoms. The van der Waals surface area contributed by atoms with Crippen molar-refractivity contribution in [2.75, 3.05) is 37.7 Å². The number of benzene rings is 1. The van der Waals surface area contributed by atoms with Crippen molar-refractivity contribution in [3.63, 3.8) is 0 Å². The van der Waals surface area contributed by atoms with E-state index in [4.69, 9.17) is 10.1 Å². The number of anilines is 1. The van der Waals surface area contributed by atoms with Crippen LogP contribution in [0.4, 0.5) is 5.69 Å². The number of carbonyl (C=O) groups is 1. The Hall–Kier alpha value is -2.71. The quantitative estimate of drug-likeness (QED) is 0.568. The second-order valence-corrected chi connectivity index (χ2v) is 9.07. The number of fused-ring (bicyclic) bond motifs is 1. The summed E-state index contributed by atoms with van der Waals surface area (Å²) in [7, 11) is 0. The van der Waals surface area contributed by atoms with Gasteiger partial charge in [-0.05, 0) is 30.5 Å². The van der Waals surface area contributed by atoms with Gasteiger partial charge in [-0.2, -0.15) is 0 Å². The molecule has 1 saturated heterocycles. The Balaban J connectivity index is 1.46. The van der Waals surface area contributed by atoms with Gasteiger partial charge in [0.05, 0.1) is 37.0 Å². The van der Waals surface area contributed by atoms with E-state index in [1.165, 1.54) is 5.56 Å². The molecule has 2 aromatic rings. The SMILES string of the molecule is CC(=O)N1CCC(NC2COC2)=C(C(=N)N2CCCc3cc(-c4cscn4)ccc32)C1. The summed E-state index contributed by atoms with van der Waals surface area (Å²) in [5.74, 6) is 0.555. The van der Waals surface area contributed by atoms with Crippen molar-refractivity contribution in [3.05, 3.63) is 45.9 Å². The fourth-order valence-electron chi connectivity index (χ4n) is 4.48. The van der Waals surface area contributed by atoms with Crippen molar-refractivity contribution in [1.29, 1.82) is 5.41 Å². The number of thiazole rings is 1. The lowest BCUT2D eigenvalue weighted by Crippen LogP contribution is -2.50. The van der Waals surface area contributed by atoms with E-state index in [1.807, 2.05) is 10.4 Å². The van der Waals surface area contributed by atoms with Gasteiger partial charge in [-0.15, -0.1) is 11.3 Å². The lowest BCUT2D eigenvalue weighted by molar-refractivity contribution is -0.128. The molecule has 5 rings (SSSR count). The molecule has 0 aliphatic carbocycles. The highest BCUT2D eigenvalue weighted by atomic mass is 32.1. The van der Waals surface area contributed by atoms with Gasteiger partial charge in [-0.25, -0.2) is 4.98 Å². The second-order valence-electron chi connectivity index (χ2n) is 8.35. The zero-order chi connectivity index (χ0) is 21.4. The Morgan fingerprint density at radius 1 is 1.29 bits per heavy atom. The maximum Gasteiger partial charge on any atom is 0.219 e. The first kappa shape index (κ1) is 20.2. The summed E-state index contributed by atoms with van der Waals surface area (Å²) >= 11 is 1.60. The summed E-state index contributed by atoms with van der Waals surface area (Å²) in [6.07, 6.45) is 2.75. The molecule has 0 unspecified atom stereocenters. The molecule has 1 aromatic carbocycles. The molecule has 1 fully saturated rings. The van der Waals surface area contributed by atoms with Crippen molar-refractivity contribution in [1.82, 2.24) is 15.2 Å². The molecule has 7 nitrogen and oxygen atoms in total. The van der Waals surface area contributed by atoms with E-state index in [-0.39, 0.29) is 5.91 Å². The first-order valence-corrected chi connectivity index (χ1v) is 11.7. The van der Waals surface area contributed by atoms with Crippen LogP contribution >= 0.6 is 11.3 Å². The number of hydrogen-bond donors (Lipinski definition) is 2. The average Bonchev–Trinajstić information content (AvgIpc) is 3.30. The summed E-state index contributed by atoms with van der Waals surface area (Å²) < 4.78 is 5.32. The van der Waals surface area contributed by atoms with Crippen LogP contribution in [0.1, 0.15) is 25.3 Å². The topological polar surface area (TPSA) is 81.6 Å². The zero-order valence-electron chi connectivity index (χ0n) is 17.7. The fraction of sp³-hybridized carbons (Fsp3) is 0.435. The van der Waals surface area contributed by atoms with Gasteiger partial charge in [0.15, 0.2) is 0 Å². The van der Waals surface area contributed by atoms with Gasteiger partial charge in [0.2, 0.25) is 5.91 Å². The predicted molar refractivity (Wildman–Crippen MR) is 123 cm³/mol. The second kappa shape index (κ2) is 8.43. The molecule has 8 heteroatoms. The number of ether oxygens (including phenoxy) is 1. The van der Waals surface area contributed by atoms with Crippen molar-refractivity contribution >= 4 is 28.8 Å². The Morgan fingerprint density at radius 3 is 2.87 bits per heavy atom. The summed E-state index contributed by atoms with van der Waals surface area (Å²) in [6.45, 7) is 4.99. The molecule has 3 aliphatic heterocycles. The van der Waals surface area contributed by atoms with Gasteiger partial charge in [0.25, 0.3) is 0 Å². The Kier molecular flexibility index (Phi) is 5.50. The van der Waals surface area contributed by atoms with E-state index in [1.54, 1.807) is 18.3 Å². The number of carbonyl (C=O) groups excluding carboxylic acids is 1. The molecule has 31 heavy (non-hydrogen) atoms. The minimum Gasteiger partial charge on any atom is -0.381 e. The van der Waals surface area contributed by atoms with E-state index in [0.29, 0.717) is 38.2 Å². The number of aryl methyl sites for hydroxylation is 1. The first-order valence-electron chi connectivity index (χ1n) is 10.8. The summed E-state index contributed by atoms with van der Waals surface area (Å²) in [4.78, 5) is 20.4. The molecule has 162 valence electrons. The van der Waals surface area contributed by atoms with Gasteiger partial charge in [0, 0.05) is 54.3 Å². The van der Waals surface area contributed by atoms with Crippen LogP contribution in [-0.2, 0) is 16.0 Å². The van der Waals surface area contributed by atoms with Crippen LogP contribution in [0.5, 0.6) is 0 Å². The van der Waals surface area contributed by atoms with Crippen LogP contribution in [0.15, 0.2) is 40.4 Å². The van der Waals surface area contributed by atoms with Crippen molar-refractivity contribution in [2.24, 2.45) is 0 Å². The van der Waals surface area contributed by atoms with Crippen LogP contribution in [0.2, 0.25) is 0 Å². The zero-order valence-corrected chi connectivity index (χ0v) is 18.5. The molecule has 0 saturated carbocycles. The lowest BCUT2D eigenvalue weighted by atomic mass is 9.96. The van der Waals surface area contributed by atoms with E-state index in [2.05, 4.69) is 38.8 Å². The molecule has 0 atom stereocenters. The maximum absolute atomic E-state index is 12.1. The third kappa shape index (κ3) is 3.97. The molecule has 4 heterocycles. The number of rotatable bonds is 4. The number of nitrogens with zero attached hydrogens (tertiary/aromatic N) is 3. The van der Waals surface area contributed by atoms with Crippen molar-refractivity contribution in [2.45, 2.75) is 32.2 Å². The molecule has 1 amide bonds. The molecule has 0 radical (unpaired) electrons. The molecule has 3 aliphatic rings.